The maximum absolute atomic E-state index is 11.2. The third-order valence-electron chi connectivity index (χ3n) is 0.600. The lowest BCUT2D eigenvalue weighted by Crippen LogP contribution is -2.18. The first-order valence-corrected chi connectivity index (χ1v) is 1.85. The van der Waals surface area contributed by atoms with Crippen molar-refractivity contribution in [3.8, 4) is 0 Å². The SMILES string of the molecule is C=C(C(=O)O)C(F)(F)F.Cl. The molecule has 0 saturated carbocycles. The zero-order valence-corrected chi connectivity index (χ0v) is 5.42. The van der Waals surface area contributed by atoms with Crippen molar-refractivity contribution in [3.05, 3.63) is 12.2 Å². The Labute approximate surface area is 60.7 Å². The number of rotatable bonds is 1. The Hall–Kier alpha value is -0.710. The van der Waals surface area contributed by atoms with Crippen LogP contribution in [0.5, 0.6) is 0 Å². The number of carboxylic acids is 1. The van der Waals surface area contributed by atoms with E-state index in [0.29, 0.717) is 0 Å². The fourth-order valence-corrected chi connectivity index (χ4v) is 0.121. The summed E-state index contributed by atoms with van der Waals surface area (Å²) in [5, 5.41) is 7.70. The largest absolute Gasteiger partial charge is 0.478 e. The van der Waals surface area contributed by atoms with E-state index in [9.17, 15) is 18.0 Å². The molecule has 0 aliphatic heterocycles. The molecule has 0 aliphatic rings. The normalized spacial score (nSPS) is 9.90. The lowest BCUT2D eigenvalue weighted by Gasteiger charge is -2.02. The number of halogens is 4. The molecule has 0 aliphatic carbocycles. The minimum atomic E-state index is -4.81. The van der Waals surface area contributed by atoms with Crippen LogP contribution in [0, 0.1) is 0 Å². The smallest absolute Gasteiger partial charge is 0.422 e. The molecule has 0 fully saturated rings. The van der Waals surface area contributed by atoms with Crippen LogP contribution in [0.25, 0.3) is 0 Å². The van der Waals surface area contributed by atoms with E-state index in [1.54, 1.807) is 0 Å². The van der Waals surface area contributed by atoms with Crippen molar-refractivity contribution in [2.75, 3.05) is 0 Å². The molecule has 0 aromatic carbocycles. The number of carbonyl (C=O) groups is 1. The first-order chi connectivity index (χ1) is 3.85. The van der Waals surface area contributed by atoms with Gasteiger partial charge in [-0.25, -0.2) is 4.79 Å². The minimum Gasteiger partial charge on any atom is -0.478 e. The van der Waals surface area contributed by atoms with Crippen LogP contribution >= 0.6 is 12.4 Å². The van der Waals surface area contributed by atoms with E-state index in [1.807, 2.05) is 0 Å². The van der Waals surface area contributed by atoms with Gasteiger partial charge in [0, 0.05) is 0 Å². The average Bonchev–Trinajstić information content (AvgIpc) is 1.62. The molecule has 0 unspecified atom stereocenters. The maximum Gasteiger partial charge on any atom is 0.422 e. The summed E-state index contributed by atoms with van der Waals surface area (Å²) in [6, 6.07) is 0. The fraction of sp³-hybridized carbons (Fsp3) is 0.250. The molecule has 0 radical (unpaired) electrons. The van der Waals surface area contributed by atoms with Crippen molar-refractivity contribution in [2.45, 2.75) is 6.18 Å². The summed E-state index contributed by atoms with van der Waals surface area (Å²) in [4.78, 5) is 9.53. The van der Waals surface area contributed by atoms with Gasteiger partial charge in [0.05, 0.1) is 0 Å². The molecular formula is C4H4ClF3O2. The molecule has 2 nitrogen and oxygen atoms in total. The molecular weight excluding hydrogens is 172 g/mol. The summed E-state index contributed by atoms with van der Waals surface area (Å²) in [6.45, 7) is 2.30. The van der Waals surface area contributed by atoms with Gasteiger partial charge in [0.2, 0.25) is 0 Å². The Morgan fingerprint density at radius 3 is 1.70 bits per heavy atom. The summed E-state index contributed by atoms with van der Waals surface area (Å²) in [6.07, 6.45) is -4.81. The van der Waals surface area contributed by atoms with Gasteiger partial charge >= 0.3 is 12.1 Å². The lowest BCUT2D eigenvalue weighted by atomic mass is 10.3. The third kappa shape index (κ3) is 3.34. The van der Waals surface area contributed by atoms with Gasteiger partial charge in [-0.2, -0.15) is 13.2 Å². The van der Waals surface area contributed by atoms with Crippen molar-refractivity contribution >= 4 is 18.4 Å². The summed E-state index contributed by atoms with van der Waals surface area (Å²) in [5.74, 6) is -2.04. The molecule has 0 aromatic heterocycles. The van der Waals surface area contributed by atoms with Gasteiger partial charge in [-0.1, -0.05) is 6.58 Å². The standard InChI is InChI=1S/C4H3F3O2.ClH/c1-2(3(8)9)4(5,6)7;/h1H2,(H,8,9);1H. The molecule has 10 heavy (non-hydrogen) atoms. The van der Waals surface area contributed by atoms with Crippen LogP contribution in [0.2, 0.25) is 0 Å². The molecule has 0 rings (SSSR count). The van der Waals surface area contributed by atoms with E-state index in [4.69, 9.17) is 5.11 Å². The Morgan fingerprint density at radius 1 is 1.40 bits per heavy atom. The van der Waals surface area contributed by atoms with E-state index in [0.717, 1.165) is 0 Å². The van der Waals surface area contributed by atoms with Crippen LogP contribution < -0.4 is 0 Å². The van der Waals surface area contributed by atoms with E-state index >= 15 is 0 Å². The predicted molar refractivity (Wildman–Crippen MR) is 30.1 cm³/mol. The van der Waals surface area contributed by atoms with Crippen molar-refractivity contribution in [3.63, 3.8) is 0 Å². The molecule has 6 heteroatoms. The highest BCUT2D eigenvalue weighted by Crippen LogP contribution is 2.23. The molecule has 60 valence electrons. The van der Waals surface area contributed by atoms with Crippen molar-refractivity contribution in [2.24, 2.45) is 0 Å². The van der Waals surface area contributed by atoms with Crippen molar-refractivity contribution in [1.82, 2.24) is 0 Å². The predicted octanol–water partition coefficient (Wildman–Crippen LogP) is 1.61. The van der Waals surface area contributed by atoms with Gasteiger partial charge in [0.1, 0.15) is 5.57 Å². The molecule has 0 bridgehead atoms. The second-order valence-electron chi connectivity index (χ2n) is 1.28. The van der Waals surface area contributed by atoms with Gasteiger partial charge in [0.15, 0.2) is 0 Å². The second kappa shape index (κ2) is 3.46. The molecule has 0 spiro atoms. The van der Waals surface area contributed by atoms with Crippen LogP contribution in [0.4, 0.5) is 13.2 Å². The highest BCUT2D eigenvalue weighted by atomic mass is 35.5. The molecule has 1 N–H and O–H groups in total. The highest BCUT2D eigenvalue weighted by Gasteiger charge is 2.36. The van der Waals surface area contributed by atoms with Crippen molar-refractivity contribution in [1.29, 1.82) is 0 Å². The summed E-state index contributed by atoms with van der Waals surface area (Å²) in [5.41, 5.74) is -1.75. The Kier molecular flexibility index (Phi) is 4.15. The first-order valence-electron chi connectivity index (χ1n) is 1.85. The Bertz CT molecular complexity index is 151. The zero-order valence-electron chi connectivity index (χ0n) is 4.60. The summed E-state index contributed by atoms with van der Waals surface area (Å²) < 4.78 is 33.7. The van der Waals surface area contributed by atoms with E-state index in [1.165, 1.54) is 0 Å². The highest BCUT2D eigenvalue weighted by molar-refractivity contribution is 5.87. The second-order valence-corrected chi connectivity index (χ2v) is 1.28. The molecule has 0 heterocycles. The van der Waals surface area contributed by atoms with E-state index < -0.39 is 17.7 Å². The van der Waals surface area contributed by atoms with Gasteiger partial charge in [-0.3, -0.25) is 0 Å². The molecule has 0 amide bonds. The maximum atomic E-state index is 11.2. The molecule has 0 atom stereocenters. The zero-order chi connectivity index (χ0) is 7.65. The van der Waals surface area contributed by atoms with Crippen LogP contribution in [-0.2, 0) is 4.79 Å². The van der Waals surface area contributed by atoms with Gasteiger partial charge in [0.25, 0.3) is 0 Å². The van der Waals surface area contributed by atoms with Crippen LogP contribution in [0.1, 0.15) is 0 Å². The summed E-state index contributed by atoms with van der Waals surface area (Å²) >= 11 is 0. The number of aliphatic carboxylic acids is 1. The quantitative estimate of drug-likeness (QED) is 0.617. The van der Waals surface area contributed by atoms with Crippen LogP contribution in [-0.4, -0.2) is 17.3 Å². The van der Waals surface area contributed by atoms with Gasteiger partial charge in [-0.15, -0.1) is 12.4 Å². The average molecular weight is 177 g/mol. The first kappa shape index (κ1) is 12.0. The minimum absolute atomic E-state index is 0. The third-order valence-corrected chi connectivity index (χ3v) is 0.600. The van der Waals surface area contributed by atoms with Crippen LogP contribution in [0.3, 0.4) is 0 Å². The number of carboxylic acid groups (broad SMARTS) is 1. The number of hydrogen-bond acceptors (Lipinski definition) is 1. The fourth-order valence-electron chi connectivity index (χ4n) is 0.121. The molecule has 0 saturated heterocycles. The van der Waals surface area contributed by atoms with E-state index in [-0.39, 0.29) is 12.4 Å². The van der Waals surface area contributed by atoms with Gasteiger partial charge < -0.3 is 5.11 Å². The Balaban J connectivity index is 0. The number of alkyl halides is 3. The number of hydrogen-bond donors (Lipinski definition) is 1. The van der Waals surface area contributed by atoms with Crippen LogP contribution in [0.15, 0.2) is 12.2 Å². The monoisotopic (exact) mass is 176 g/mol. The van der Waals surface area contributed by atoms with Crippen molar-refractivity contribution < 1.29 is 23.1 Å². The van der Waals surface area contributed by atoms with Gasteiger partial charge in [-0.05, 0) is 0 Å². The summed E-state index contributed by atoms with van der Waals surface area (Å²) in [7, 11) is 0. The lowest BCUT2D eigenvalue weighted by molar-refractivity contribution is -0.144. The topological polar surface area (TPSA) is 37.3 Å². The van der Waals surface area contributed by atoms with E-state index in [2.05, 4.69) is 6.58 Å². The molecule has 0 aromatic rings. The Morgan fingerprint density at radius 2 is 1.70 bits per heavy atom.